The quantitative estimate of drug-likeness (QED) is 0.499. The predicted molar refractivity (Wildman–Crippen MR) is 117 cm³/mol. The van der Waals surface area contributed by atoms with Crippen LogP contribution in [0.25, 0.3) is 12.2 Å². The lowest BCUT2D eigenvalue weighted by molar-refractivity contribution is 0.100. The molecule has 0 N–H and O–H groups in total. The highest BCUT2D eigenvalue weighted by Crippen LogP contribution is 2.37. The molecule has 1 heteroatoms. The fraction of sp³-hybridized carbons (Fsp3) is 0.385. The Hall–Kier alpha value is -2.12. The van der Waals surface area contributed by atoms with Crippen molar-refractivity contribution in [1.29, 1.82) is 0 Å². The highest BCUT2D eigenvalue weighted by molar-refractivity contribution is 5.54. The molecule has 2 aromatic carbocycles. The van der Waals surface area contributed by atoms with E-state index in [1.165, 1.54) is 47.9 Å². The van der Waals surface area contributed by atoms with Gasteiger partial charge in [-0.1, -0.05) is 80.3 Å². The zero-order valence-electron chi connectivity index (χ0n) is 16.7. The Balaban J connectivity index is 1.53. The molecular weight excluding hydrogens is 328 g/mol. The lowest BCUT2D eigenvalue weighted by Crippen LogP contribution is -2.12. The van der Waals surface area contributed by atoms with E-state index >= 15 is 0 Å². The van der Waals surface area contributed by atoms with Crippen LogP contribution in [0.4, 0.5) is 0 Å². The van der Waals surface area contributed by atoms with Crippen LogP contribution in [0.15, 0.2) is 61.2 Å². The maximum Gasteiger partial charge on any atom is 0.0818 e. The van der Waals surface area contributed by atoms with Crippen LogP contribution in [-0.4, -0.2) is 7.11 Å². The van der Waals surface area contributed by atoms with Crippen LogP contribution >= 0.6 is 0 Å². The highest BCUT2D eigenvalue weighted by atomic mass is 16.5. The van der Waals surface area contributed by atoms with Gasteiger partial charge >= 0.3 is 0 Å². The number of allylic oxidation sites excluding steroid dienone is 1. The zero-order chi connectivity index (χ0) is 19.1. The molecule has 0 saturated heterocycles. The van der Waals surface area contributed by atoms with Crippen molar-refractivity contribution >= 4 is 12.2 Å². The van der Waals surface area contributed by atoms with E-state index in [-0.39, 0.29) is 6.10 Å². The number of hydrogen-bond donors (Lipinski definition) is 0. The van der Waals surface area contributed by atoms with Crippen LogP contribution in [0.1, 0.15) is 73.3 Å². The smallest absolute Gasteiger partial charge is 0.0818 e. The molecule has 1 aliphatic rings. The Kier molecular flexibility index (Phi) is 7.06. The molecule has 1 fully saturated rings. The molecule has 27 heavy (non-hydrogen) atoms. The molecule has 0 radical (unpaired) electrons. The van der Waals surface area contributed by atoms with Crippen LogP contribution < -0.4 is 0 Å². The fourth-order valence-electron chi connectivity index (χ4n) is 4.16. The number of ether oxygens (including phenoxy) is 1. The molecule has 0 aromatic heterocycles. The van der Waals surface area contributed by atoms with Crippen LogP contribution in [0.3, 0.4) is 0 Å². The average Bonchev–Trinajstić information content (AvgIpc) is 2.74. The van der Waals surface area contributed by atoms with E-state index in [0.29, 0.717) is 11.8 Å². The van der Waals surface area contributed by atoms with Crippen molar-refractivity contribution in [3.63, 3.8) is 0 Å². The molecule has 1 unspecified atom stereocenters. The zero-order valence-corrected chi connectivity index (χ0v) is 16.7. The number of benzene rings is 2. The first kappa shape index (κ1) is 19.6. The normalized spacial score (nSPS) is 21.3. The molecule has 2 aromatic rings. The molecule has 0 spiro atoms. The summed E-state index contributed by atoms with van der Waals surface area (Å²) in [6.07, 6.45) is 12.9. The van der Waals surface area contributed by atoms with Gasteiger partial charge < -0.3 is 4.74 Å². The third-order valence-electron chi connectivity index (χ3n) is 5.94. The Morgan fingerprint density at radius 2 is 1.59 bits per heavy atom. The van der Waals surface area contributed by atoms with E-state index in [0.717, 1.165) is 6.42 Å². The van der Waals surface area contributed by atoms with Gasteiger partial charge in [-0.15, -0.1) is 0 Å². The van der Waals surface area contributed by atoms with Crippen LogP contribution in [0, 0.1) is 5.92 Å². The van der Waals surface area contributed by atoms with Gasteiger partial charge in [0.1, 0.15) is 0 Å². The van der Waals surface area contributed by atoms with E-state index in [1.807, 2.05) is 6.08 Å². The maximum atomic E-state index is 5.55. The van der Waals surface area contributed by atoms with Crippen molar-refractivity contribution in [2.75, 3.05) is 7.11 Å². The van der Waals surface area contributed by atoms with Gasteiger partial charge in [0.25, 0.3) is 0 Å². The topological polar surface area (TPSA) is 9.23 Å². The summed E-state index contributed by atoms with van der Waals surface area (Å²) in [6, 6.07) is 17.7. The summed E-state index contributed by atoms with van der Waals surface area (Å²) in [5.74, 6) is 1.41. The second-order valence-corrected chi connectivity index (χ2v) is 7.64. The van der Waals surface area contributed by atoms with Gasteiger partial charge in [0.2, 0.25) is 0 Å². The third-order valence-corrected chi connectivity index (χ3v) is 5.94. The SMILES string of the molecule is C=Cc1ccc(C=CC2CCC(c3ccc(C(CC)OC)cc3)CC2)cc1. The first-order chi connectivity index (χ1) is 13.2. The van der Waals surface area contributed by atoms with Gasteiger partial charge in [-0.2, -0.15) is 0 Å². The molecule has 1 saturated carbocycles. The van der Waals surface area contributed by atoms with Gasteiger partial charge in [0.15, 0.2) is 0 Å². The molecule has 1 atom stereocenters. The van der Waals surface area contributed by atoms with E-state index in [1.54, 1.807) is 7.11 Å². The first-order valence-corrected chi connectivity index (χ1v) is 10.3. The Morgan fingerprint density at radius 1 is 0.963 bits per heavy atom. The summed E-state index contributed by atoms with van der Waals surface area (Å²) >= 11 is 0. The average molecular weight is 361 g/mol. The van der Waals surface area contributed by atoms with E-state index in [4.69, 9.17) is 4.74 Å². The first-order valence-electron chi connectivity index (χ1n) is 10.3. The Labute approximate surface area is 164 Å². The number of rotatable bonds is 7. The van der Waals surface area contributed by atoms with E-state index < -0.39 is 0 Å². The summed E-state index contributed by atoms with van der Waals surface area (Å²) < 4.78 is 5.55. The van der Waals surface area contributed by atoms with Crippen LogP contribution in [-0.2, 0) is 4.74 Å². The number of hydrogen-bond acceptors (Lipinski definition) is 1. The molecule has 3 rings (SSSR count). The summed E-state index contributed by atoms with van der Waals surface area (Å²) in [5, 5.41) is 0. The van der Waals surface area contributed by atoms with Crippen molar-refractivity contribution in [3.8, 4) is 0 Å². The van der Waals surface area contributed by atoms with Crippen molar-refractivity contribution in [3.05, 3.63) is 83.4 Å². The lowest BCUT2D eigenvalue weighted by atomic mass is 9.78. The maximum absolute atomic E-state index is 5.55. The summed E-state index contributed by atoms with van der Waals surface area (Å²) in [4.78, 5) is 0. The van der Waals surface area contributed by atoms with Gasteiger partial charge in [0.05, 0.1) is 6.10 Å². The monoisotopic (exact) mass is 360 g/mol. The minimum Gasteiger partial charge on any atom is -0.377 e. The van der Waals surface area contributed by atoms with Gasteiger partial charge in [-0.05, 0) is 66.2 Å². The van der Waals surface area contributed by atoms with Crippen molar-refractivity contribution in [2.45, 2.75) is 51.0 Å². The van der Waals surface area contributed by atoms with Crippen molar-refractivity contribution in [2.24, 2.45) is 5.92 Å². The molecular formula is C26H32O. The number of methoxy groups -OCH3 is 1. The molecule has 0 bridgehead atoms. The summed E-state index contributed by atoms with van der Waals surface area (Å²) in [5.41, 5.74) is 5.24. The van der Waals surface area contributed by atoms with Crippen LogP contribution in [0.5, 0.6) is 0 Å². The minimum atomic E-state index is 0.223. The third kappa shape index (κ3) is 5.20. The Morgan fingerprint density at radius 3 is 2.15 bits per heavy atom. The van der Waals surface area contributed by atoms with Gasteiger partial charge in [-0.25, -0.2) is 0 Å². The molecule has 0 heterocycles. The largest absolute Gasteiger partial charge is 0.377 e. The van der Waals surface area contributed by atoms with Crippen molar-refractivity contribution in [1.82, 2.24) is 0 Å². The Bertz CT molecular complexity index is 727. The lowest BCUT2D eigenvalue weighted by Gasteiger charge is -2.27. The van der Waals surface area contributed by atoms with Crippen LogP contribution in [0.2, 0.25) is 0 Å². The second kappa shape index (κ2) is 9.71. The molecule has 1 nitrogen and oxygen atoms in total. The van der Waals surface area contributed by atoms with E-state index in [9.17, 15) is 0 Å². The molecule has 0 amide bonds. The molecule has 1 aliphatic carbocycles. The van der Waals surface area contributed by atoms with Gasteiger partial charge in [0, 0.05) is 7.11 Å². The summed E-state index contributed by atoms with van der Waals surface area (Å²) in [7, 11) is 1.80. The standard InChI is InChI=1S/C26H32O/c1-4-20-6-8-21(9-7-20)10-11-22-12-14-23(15-13-22)24-16-18-25(19-17-24)26(5-2)27-3/h4,6-11,16-19,22-23,26H,1,5,12-15H2,2-3H3. The van der Waals surface area contributed by atoms with Crippen molar-refractivity contribution < 1.29 is 4.74 Å². The predicted octanol–water partition coefficient (Wildman–Crippen LogP) is 7.41. The highest BCUT2D eigenvalue weighted by Gasteiger charge is 2.21. The molecule has 0 aliphatic heterocycles. The minimum absolute atomic E-state index is 0.223. The molecule has 142 valence electrons. The van der Waals surface area contributed by atoms with E-state index in [2.05, 4.69) is 74.2 Å². The second-order valence-electron chi connectivity index (χ2n) is 7.64. The summed E-state index contributed by atoms with van der Waals surface area (Å²) in [6.45, 7) is 5.98. The van der Waals surface area contributed by atoms with Gasteiger partial charge in [-0.3, -0.25) is 0 Å². The fourth-order valence-corrected chi connectivity index (χ4v) is 4.16.